The minimum atomic E-state index is -0.506. The second-order valence-corrected chi connectivity index (χ2v) is 8.10. The summed E-state index contributed by atoms with van der Waals surface area (Å²) in [6.07, 6.45) is 0.663. The van der Waals surface area contributed by atoms with E-state index in [1.807, 2.05) is 30.3 Å². The van der Waals surface area contributed by atoms with Crippen LogP contribution in [0.1, 0.15) is 27.7 Å². The molecular formula is C22H21N3O5S2. The van der Waals surface area contributed by atoms with Crippen molar-refractivity contribution in [3.8, 4) is 5.75 Å². The van der Waals surface area contributed by atoms with Crippen molar-refractivity contribution >= 4 is 51.0 Å². The van der Waals surface area contributed by atoms with Crippen molar-refractivity contribution in [1.29, 1.82) is 0 Å². The van der Waals surface area contributed by atoms with E-state index in [-0.39, 0.29) is 23.2 Å². The molecule has 8 nitrogen and oxygen atoms in total. The fourth-order valence-electron chi connectivity index (χ4n) is 2.93. The van der Waals surface area contributed by atoms with Gasteiger partial charge in [-0.15, -0.1) is 11.3 Å². The molecule has 0 atom stereocenters. The quantitative estimate of drug-likeness (QED) is 0.199. The monoisotopic (exact) mass is 471 g/mol. The maximum absolute atomic E-state index is 12.5. The molecule has 0 fully saturated rings. The maximum atomic E-state index is 12.5. The number of nitrogens with one attached hydrogen (secondary N) is 2. The van der Waals surface area contributed by atoms with Gasteiger partial charge >= 0.3 is 5.97 Å². The third-order valence-electron chi connectivity index (χ3n) is 4.37. The number of hydrogen-bond donors (Lipinski definition) is 2. The molecule has 32 heavy (non-hydrogen) atoms. The summed E-state index contributed by atoms with van der Waals surface area (Å²) < 4.78 is 10.4. The van der Waals surface area contributed by atoms with Crippen molar-refractivity contribution in [2.75, 3.05) is 24.4 Å². The van der Waals surface area contributed by atoms with Crippen LogP contribution in [0.15, 0.2) is 54.6 Å². The molecule has 2 aromatic carbocycles. The fraction of sp³-hybridized carbons (Fsp3) is 0.182. The standard InChI is InChI=1S/C22H21N3O5S2/c1-3-30-21(26)17-13-16(11-14-7-5-4-6-8-14)32-20(17)24-22(31)23-18-10-9-15(25(27)28)12-19(18)29-2/h4-10,12-13H,3,11H2,1-2H3,(H2,23,24,31). The SMILES string of the molecule is CCOC(=O)c1cc(Cc2ccccc2)sc1NC(=S)Nc1ccc([N+](=O)[O-])cc1OC. The van der Waals surface area contributed by atoms with Gasteiger partial charge in [0.15, 0.2) is 5.11 Å². The van der Waals surface area contributed by atoms with Crippen LogP contribution in [0.25, 0.3) is 0 Å². The van der Waals surface area contributed by atoms with Crippen LogP contribution in [0.5, 0.6) is 5.75 Å². The molecular weight excluding hydrogens is 450 g/mol. The minimum Gasteiger partial charge on any atom is -0.494 e. The van der Waals surface area contributed by atoms with Gasteiger partial charge in [0, 0.05) is 17.4 Å². The normalized spacial score (nSPS) is 10.3. The van der Waals surface area contributed by atoms with Gasteiger partial charge in [0.2, 0.25) is 0 Å². The van der Waals surface area contributed by atoms with Gasteiger partial charge in [-0.3, -0.25) is 10.1 Å². The predicted octanol–water partition coefficient (Wildman–Crippen LogP) is 5.24. The number of thiophene rings is 1. The summed E-state index contributed by atoms with van der Waals surface area (Å²) in [6.45, 7) is 2.00. The van der Waals surface area contributed by atoms with E-state index in [0.29, 0.717) is 22.7 Å². The summed E-state index contributed by atoms with van der Waals surface area (Å²) in [6, 6.07) is 15.9. The molecule has 3 rings (SSSR count). The van der Waals surface area contributed by atoms with E-state index in [2.05, 4.69) is 10.6 Å². The lowest BCUT2D eigenvalue weighted by Crippen LogP contribution is -2.20. The Kier molecular flexibility index (Phi) is 7.74. The first-order valence-electron chi connectivity index (χ1n) is 9.65. The number of ether oxygens (including phenoxy) is 2. The van der Waals surface area contributed by atoms with Gasteiger partial charge < -0.3 is 20.1 Å². The Morgan fingerprint density at radius 2 is 1.91 bits per heavy atom. The molecule has 3 aromatic rings. The lowest BCUT2D eigenvalue weighted by Gasteiger charge is -2.13. The first-order valence-corrected chi connectivity index (χ1v) is 10.9. The number of esters is 1. The van der Waals surface area contributed by atoms with Crippen molar-refractivity contribution in [2.45, 2.75) is 13.3 Å². The van der Waals surface area contributed by atoms with Crippen molar-refractivity contribution in [3.05, 3.63) is 80.7 Å². The zero-order valence-corrected chi connectivity index (χ0v) is 19.0. The third kappa shape index (κ3) is 5.80. The highest BCUT2D eigenvalue weighted by Gasteiger charge is 2.19. The number of benzene rings is 2. The Bertz CT molecular complexity index is 1130. The number of hydrogen-bond acceptors (Lipinski definition) is 7. The van der Waals surface area contributed by atoms with Gasteiger partial charge in [0.25, 0.3) is 5.69 Å². The van der Waals surface area contributed by atoms with Crippen LogP contribution in [0, 0.1) is 10.1 Å². The minimum absolute atomic E-state index is 0.0975. The maximum Gasteiger partial charge on any atom is 0.341 e. The number of anilines is 2. The van der Waals surface area contributed by atoms with Gasteiger partial charge in [0.05, 0.1) is 36.0 Å². The van der Waals surface area contributed by atoms with E-state index < -0.39 is 10.9 Å². The van der Waals surface area contributed by atoms with Gasteiger partial charge in [-0.1, -0.05) is 30.3 Å². The molecule has 1 aromatic heterocycles. The molecule has 0 aliphatic carbocycles. The molecule has 0 spiro atoms. The van der Waals surface area contributed by atoms with E-state index in [1.165, 1.54) is 36.6 Å². The first kappa shape index (κ1) is 23.2. The molecule has 0 saturated heterocycles. The van der Waals surface area contributed by atoms with Crippen molar-refractivity contribution < 1.29 is 19.2 Å². The molecule has 10 heteroatoms. The molecule has 0 saturated carbocycles. The predicted molar refractivity (Wildman–Crippen MR) is 129 cm³/mol. The number of nitrogens with zero attached hydrogens (tertiary/aromatic N) is 1. The van der Waals surface area contributed by atoms with Crippen LogP contribution in [0.3, 0.4) is 0 Å². The average Bonchev–Trinajstić information content (AvgIpc) is 3.16. The summed E-state index contributed by atoms with van der Waals surface area (Å²) in [5, 5.41) is 17.7. The molecule has 166 valence electrons. The Labute approximate surface area is 194 Å². The van der Waals surface area contributed by atoms with Crippen LogP contribution in [0.4, 0.5) is 16.4 Å². The van der Waals surface area contributed by atoms with E-state index in [0.717, 1.165) is 10.4 Å². The third-order valence-corrected chi connectivity index (χ3v) is 5.63. The topological polar surface area (TPSA) is 103 Å². The van der Waals surface area contributed by atoms with E-state index in [9.17, 15) is 14.9 Å². The van der Waals surface area contributed by atoms with Crippen LogP contribution in [-0.4, -0.2) is 29.7 Å². The van der Waals surface area contributed by atoms with Crippen LogP contribution in [0.2, 0.25) is 0 Å². The van der Waals surface area contributed by atoms with E-state index in [4.69, 9.17) is 21.7 Å². The molecule has 0 aliphatic heterocycles. The highest BCUT2D eigenvalue weighted by atomic mass is 32.1. The highest BCUT2D eigenvalue weighted by Crippen LogP contribution is 2.32. The Morgan fingerprint density at radius 3 is 2.56 bits per heavy atom. The smallest absolute Gasteiger partial charge is 0.341 e. The van der Waals surface area contributed by atoms with Crippen LogP contribution < -0.4 is 15.4 Å². The molecule has 0 bridgehead atoms. The summed E-state index contributed by atoms with van der Waals surface area (Å²) in [5.74, 6) is -0.175. The number of nitro groups is 1. The van der Waals surface area contributed by atoms with Crippen molar-refractivity contribution in [2.24, 2.45) is 0 Å². The summed E-state index contributed by atoms with van der Waals surface area (Å²) in [7, 11) is 1.41. The van der Waals surface area contributed by atoms with Crippen molar-refractivity contribution in [3.63, 3.8) is 0 Å². The van der Waals surface area contributed by atoms with Gasteiger partial charge in [-0.25, -0.2) is 4.79 Å². The molecule has 0 aliphatic rings. The van der Waals surface area contributed by atoms with Crippen molar-refractivity contribution in [1.82, 2.24) is 0 Å². The Morgan fingerprint density at radius 1 is 1.16 bits per heavy atom. The zero-order chi connectivity index (χ0) is 23.1. The summed E-state index contributed by atoms with van der Waals surface area (Å²) in [5.41, 5.74) is 1.86. The second kappa shape index (κ2) is 10.7. The van der Waals surface area contributed by atoms with Crippen LogP contribution in [-0.2, 0) is 11.2 Å². The highest BCUT2D eigenvalue weighted by molar-refractivity contribution is 7.80. The lowest BCUT2D eigenvalue weighted by atomic mass is 10.1. The van der Waals surface area contributed by atoms with Gasteiger partial charge in [-0.05, 0) is 36.8 Å². The second-order valence-electron chi connectivity index (χ2n) is 6.56. The Balaban J connectivity index is 1.81. The largest absolute Gasteiger partial charge is 0.494 e. The number of carbonyl (C=O) groups is 1. The molecule has 0 unspecified atom stereocenters. The fourth-order valence-corrected chi connectivity index (χ4v) is 4.29. The zero-order valence-electron chi connectivity index (χ0n) is 17.4. The van der Waals surface area contributed by atoms with Gasteiger partial charge in [0.1, 0.15) is 10.8 Å². The van der Waals surface area contributed by atoms with E-state index >= 15 is 0 Å². The number of non-ortho nitro benzene ring substituents is 1. The number of thiocarbonyl (C=S) groups is 1. The number of rotatable bonds is 8. The van der Waals surface area contributed by atoms with Crippen LogP contribution >= 0.6 is 23.6 Å². The molecule has 0 radical (unpaired) electrons. The van der Waals surface area contributed by atoms with E-state index in [1.54, 1.807) is 13.0 Å². The average molecular weight is 472 g/mol. The summed E-state index contributed by atoms with van der Waals surface area (Å²) in [4.78, 5) is 23.9. The van der Waals surface area contributed by atoms with Gasteiger partial charge in [-0.2, -0.15) is 0 Å². The number of nitro benzene ring substituents is 1. The molecule has 1 heterocycles. The lowest BCUT2D eigenvalue weighted by molar-refractivity contribution is -0.384. The number of methoxy groups -OCH3 is 1. The first-order chi connectivity index (χ1) is 15.4. The Hall–Kier alpha value is -3.50. The number of carbonyl (C=O) groups excluding carboxylic acids is 1. The molecule has 2 N–H and O–H groups in total. The summed E-state index contributed by atoms with van der Waals surface area (Å²) >= 11 is 6.81. The molecule has 0 amide bonds.